The van der Waals surface area contributed by atoms with E-state index in [1.165, 1.54) is 30.0 Å². The number of aromatic nitrogens is 3. The van der Waals surface area contributed by atoms with Gasteiger partial charge in [-0.05, 0) is 43.7 Å². The van der Waals surface area contributed by atoms with E-state index in [1.54, 1.807) is 21.5 Å². The standard InChI is InChI=1S/C22H18ClF2N3O2S/c1-3-6-27-11-15(10-26-27)28-12(2)21(17-4-5-18(23)19(25)20(17)28)31-16-8-13(22(29)30)7-14(24)9-16/h4-5,7-11H,3,6H2,1-2H3,(H,29,30). The highest BCUT2D eigenvalue weighted by Crippen LogP contribution is 2.42. The van der Waals surface area contributed by atoms with E-state index in [0.29, 0.717) is 32.1 Å². The van der Waals surface area contributed by atoms with Gasteiger partial charge in [-0.15, -0.1) is 0 Å². The number of aryl methyl sites for hydroxylation is 1. The van der Waals surface area contributed by atoms with E-state index >= 15 is 4.39 Å². The van der Waals surface area contributed by atoms with Crippen molar-refractivity contribution in [3.8, 4) is 5.69 Å². The van der Waals surface area contributed by atoms with Crippen LogP contribution in [0.3, 0.4) is 0 Å². The third kappa shape index (κ3) is 3.93. The number of aromatic carboxylic acids is 1. The summed E-state index contributed by atoms with van der Waals surface area (Å²) in [6, 6.07) is 6.79. The van der Waals surface area contributed by atoms with Crippen LogP contribution in [0, 0.1) is 18.6 Å². The highest BCUT2D eigenvalue weighted by Gasteiger charge is 2.22. The van der Waals surface area contributed by atoms with E-state index < -0.39 is 17.6 Å². The molecule has 0 aliphatic heterocycles. The molecule has 160 valence electrons. The molecule has 0 atom stereocenters. The van der Waals surface area contributed by atoms with E-state index in [4.69, 9.17) is 11.6 Å². The minimum Gasteiger partial charge on any atom is -0.478 e. The smallest absolute Gasteiger partial charge is 0.335 e. The summed E-state index contributed by atoms with van der Waals surface area (Å²) in [4.78, 5) is 12.4. The summed E-state index contributed by atoms with van der Waals surface area (Å²) in [5.74, 6) is -2.44. The summed E-state index contributed by atoms with van der Waals surface area (Å²) in [5.41, 5.74) is 1.52. The molecule has 0 saturated heterocycles. The largest absolute Gasteiger partial charge is 0.478 e. The van der Waals surface area contributed by atoms with E-state index in [0.717, 1.165) is 19.0 Å². The number of benzene rings is 2. The van der Waals surface area contributed by atoms with Gasteiger partial charge in [-0.25, -0.2) is 13.6 Å². The van der Waals surface area contributed by atoms with Crippen LogP contribution in [0.15, 0.2) is 52.5 Å². The lowest BCUT2D eigenvalue weighted by atomic mass is 10.2. The molecule has 0 unspecified atom stereocenters. The Morgan fingerprint density at radius 3 is 2.74 bits per heavy atom. The minimum atomic E-state index is -1.22. The van der Waals surface area contributed by atoms with Crippen LogP contribution in [-0.2, 0) is 6.54 Å². The lowest BCUT2D eigenvalue weighted by Crippen LogP contribution is -1.99. The highest BCUT2D eigenvalue weighted by molar-refractivity contribution is 7.99. The average Bonchev–Trinajstić information content (AvgIpc) is 3.28. The number of carbonyl (C=O) groups is 1. The normalized spacial score (nSPS) is 11.4. The van der Waals surface area contributed by atoms with Gasteiger partial charge in [0.1, 0.15) is 5.82 Å². The second-order valence-corrected chi connectivity index (χ2v) is 8.54. The number of fused-ring (bicyclic) bond motifs is 1. The second-order valence-electron chi connectivity index (χ2n) is 7.05. The van der Waals surface area contributed by atoms with Crippen LogP contribution in [0.25, 0.3) is 16.6 Å². The Hall–Kier alpha value is -2.84. The molecule has 5 nitrogen and oxygen atoms in total. The fraction of sp³-hybridized carbons (Fsp3) is 0.182. The van der Waals surface area contributed by atoms with Gasteiger partial charge in [0, 0.05) is 33.6 Å². The summed E-state index contributed by atoms with van der Waals surface area (Å²) in [6.07, 6.45) is 4.39. The zero-order chi connectivity index (χ0) is 22.3. The number of carboxylic acids is 1. The summed E-state index contributed by atoms with van der Waals surface area (Å²) in [6.45, 7) is 4.59. The summed E-state index contributed by atoms with van der Waals surface area (Å²) >= 11 is 7.24. The van der Waals surface area contributed by atoms with E-state index in [-0.39, 0.29) is 10.6 Å². The monoisotopic (exact) mass is 461 g/mol. The molecule has 2 aromatic heterocycles. The molecule has 0 fully saturated rings. The molecule has 1 N–H and O–H groups in total. The molecule has 0 amide bonds. The topological polar surface area (TPSA) is 60.0 Å². The molecule has 0 bridgehead atoms. The fourth-order valence-corrected chi connectivity index (χ4v) is 4.80. The first-order valence-electron chi connectivity index (χ1n) is 9.53. The minimum absolute atomic E-state index is 0.0114. The van der Waals surface area contributed by atoms with Crippen molar-refractivity contribution in [1.82, 2.24) is 14.3 Å². The van der Waals surface area contributed by atoms with Crippen LogP contribution in [-0.4, -0.2) is 25.4 Å². The lowest BCUT2D eigenvalue weighted by Gasteiger charge is -2.07. The van der Waals surface area contributed by atoms with E-state index in [1.807, 2.05) is 20.0 Å². The van der Waals surface area contributed by atoms with Crippen LogP contribution in [0.1, 0.15) is 29.4 Å². The van der Waals surface area contributed by atoms with Gasteiger partial charge in [0.25, 0.3) is 0 Å². The number of rotatable bonds is 6. The van der Waals surface area contributed by atoms with Crippen molar-refractivity contribution < 1.29 is 18.7 Å². The maximum Gasteiger partial charge on any atom is 0.335 e. The molecule has 0 aliphatic rings. The number of halogens is 3. The Labute approximate surface area is 186 Å². The molecule has 0 saturated carbocycles. The Morgan fingerprint density at radius 1 is 1.26 bits per heavy atom. The molecule has 31 heavy (non-hydrogen) atoms. The first kappa shape index (κ1) is 21.4. The molecule has 4 aromatic rings. The molecule has 4 rings (SSSR count). The predicted octanol–water partition coefficient (Wildman–Crippen LogP) is 6.33. The number of hydrogen-bond donors (Lipinski definition) is 1. The first-order chi connectivity index (χ1) is 14.8. The van der Waals surface area contributed by atoms with Crippen molar-refractivity contribution in [2.75, 3.05) is 0 Å². The second kappa shape index (κ2) is 8.36. The Bertz CT molecular complexity index is 1320. The van der Waals surface area contributed by atoms with Crippen molar-refractivity contribution in [3.63, 3.8) is 0 Å². The zero-order valence-corrected chi connectivity index (χ0v) is 18.3. The van der Waals surface area contributed by atoms with Crippen LogP contribution in [0.5, 0.6) is 0 Å². The van der Waals surface area contributed by atoms with Crippen LogP contribution < -0.4 is 0 Å². The SMILES string of the molecule is CCCn1cc(-n2c(C)c(Sc3cc(F)cc(C(=O)O)c3)c3ccc(Cl)c(F)c32)cn1. The van der Waals surface area contributed by atoms with Gasteiger partial charge in [0.15, 0.2) is 5.82 Å². The molecule has 9 heteroatoms. The summed E-state index contributed by atoms with van der Waals surface area (Å²) in [5, 5.41) is 14.2. The van der Waals surface area contributed by atoms with Gasteiger partial charge in [0.05, 0.1) is 28.0 Å². The number of nitrogens with zero attached hydrogens (tertiary/aromatic N) is 3. The van der Waals surface area contributed by atoms with Gasteiger partial charge in [-0.1, -0.05) is 30.3 Å². The van der Waals surface area contributed by atoms with E-state index in [2.05, 4.69) is 5.10 Å². The van der Waals surface area contributed by atoms with Gasteiger partial charge in [-0.3, -0.25) is 4.68 Å². The van der Waals surface area contributed by atoms with Crippen LogP contribution in [0.2, 0.25) is 5.02 Å². The van der Waals surface area contributed by atoms with Gasteiger partial charge in [0.2, 0.25) is 0 Å². The van der Waals surface area contributed by atoms with Crippen LogP contribution >= 0.6 is 23.4 Å². The Balaban J connectivity index is 1.92. The Morgan fingerprint density at radius 2 is 2.03 bits per heavy atom. The van der Waals surface area contributed by atoms with Crippen molar-refractivity contribution in [1.29, 1.82) is 0 Å². The van der Waals surface area contributed by atoms with Crippen molar-refractivity contribution in [2.24, 2.45) is 0 Å². The lowest BCUT2D eigenvalue weighted by molar-refractivity contribution is 0.0696. The van der Waals surface area contributed by atoms with Crippen molar-refractivity contribution in [3.05, 3.63) is 70.6 Å². The summed E-state index contributed by atoms with van der Waals surface area (Å²) < 4.78 is 32.6. The molecule has 0 spiro atoms. The molecule has 2 aromatic carbocycles. The van der Waals surface area contributed by atoms with Crippen LogP contribution in [0.4, 0.5) is 8.78 Å². The summed E-state index contributed by atoms with van der Waals surface area (Å²) in [7, 11) is 0. The van der Waals surface area contributed by atoms with Crippen molar-refractivity contribution in [2.45, 2.75) is 36.6 Å². The van der Waals surface area contributed by atoms with Gasteiger partial charge >= 0.3 is 5.97 Å². The number of carboxylic acid groups (broad SMARTS) is 1. The molecule has 0 aliphatic carbocycles. The molecular formula is C22H18ClF2N3O2S. The predicted molar refractivity (Wildman–Crippen MR) is 117 cm³/mol. The highest BCUT2D eigenvalue weighted by atomic mass is 35.5. The molecule has 0 radical (unpaired) electrons. The Kier molecular flexibility index (Phi) is 5.77. The van der Waals surface area contributed by atoms with Gasteiger partial charge < -0.3 is 9.67 Å². The third-order valence-corrected chi connectivity index (χ3v) is 6.35. The van der Waals surface area contributed by atoms with E-state index in [9.17, 15) is 14.3 Å². The average molecular weight is 462 g/mol. The van der Waals surface area contributed by atoms with Crippen molar-refractivity contribution >= 4 is 40.2 Å². The maximum atomic E-state index is 15.1. The maximum absolute atomic E-state index is 15.1. The van der Waals surface area contributed by atoms with Gasteiger partial charge in [-0.2, -0.15) is 5.10 Å². The third-order valence-electron chi connectivity index (χ3n) is 4.87. The first-order valence-corrected chi connectivity index (χ1v) is 10.7. The molecular weight excluding hydrogens is 444 g/mol. The fourth-order valence-electron chi connectivity index (χ4n) is 3.54. The number of hydrogen-bond acceptors (Lipinski definition) is 3. The zero-order valence-electron chi connectivity index (χ0n) is 16.7. The quantitative estimate of drug-likeness (QED) is 0.364. The molecule has 2 heterocycles.